The monoisotopic (exact) mass is 252 g/mol. The van der Waals surface area contributed by atoms with E-state index in [0.29, 0.717) is 30.2 Å². The van der Waals surface area contributed by atoms with Crippen LogP contribution in [-0.4, -0.2) is 32.3 Å². The average Bonchev–Trinajstić information content (AvgIpc) is 2.32. The number of amides is 1. The molecule has 18 heavy (non-hydrogen) atoms. The molecular formula is C13H20N2O3. The molecule has 1 aromatic carbocycles. The second-order valence-electron chi connectivity index (χ2n) is 4.00. The van der Waals surface area contributed by atoms with E-state index in [9.17, 15) is 4.79 Å². The molecular weight excluding hydrogens is 232 g/mol. The van der Waals surface area contributed by atoms with E-state index < -0.39 is 0 Å². The number of nitrogens with one attached hydrogen (secondary N) is 1. The van der Waals surface area contributed by atoms with E-state index in [4.69, 9.17) is 15.2 Å². The van der Waals surface area contributed by atoms with Gasteiger partial charge in [-0.1, -0.05) is 0 Å². The van der Waals surface area contributed by atoms with Crippen LogP contribution in [0.2, 0.25) is 0 Å². The first-order chi connectivity index (χ1) is 8.58. The molecule has 0 saturated heterocycles. The average molecular weight is 252 g/mol. The molecule has 5 heteroatoms. The maximum atomic E-state index is 11.6. The topological polar surface area (TPSA) is 73.6 Å². The Kier molecular flexibility index (Phi) is 5.45. The summed E-state index contributed by atoms with van der Waals surface area (Å²) in [7, 11) is 1.61. The van der Waals surface area contributed by atoms with Crippen molar-refractivity contribution in [2.24, 2.45) is 0 Å². The molecule has 1 aromatic rings. The standard InChI is InChI=1S/C13H20N2O3/c1-4-15-13(16)10-5-6-12(11(14)7-10)18-9(2)8-17-3/h5-7,9H,4,8,14H2,1-3H3,(H,15,16). The van der Waals surface area contributed by atoms with Gasteiger partial charge in [0.2, 0.25) is 0 Å². The molecule has 1 atom stereocenters. The number of carbonyl (C=O) groups excluding carboxylic acids is 1. The zero-order valence-corrected chi connectivity index (χ0v) is 11.0. The van der Waals surface area contributed by atoms with Crippen molar-refractivity contribution in [2.75, 3.05) is 26.0 Å². The fourth-order valence-corrected chi connectivity index (χ4v) is 1.55. The number of hydrogen-bond donors (Lipinski definition) is 2. The van der Waals surface area contributed by atoms with Crippen molar-refractivity contribution >= 4 is 11.6 Å². The highest BCUT2D eigenvalue weighted by atomic mass is 16.5. The van der Waals surface area contributed by atoms with E-state index >= 15 is 0 Å². The molecule has 0 radical (unpaired) electrons. The van der Waals surface area contributed by atoms with Crippen molar-refractivity contribution in [3.63, 3.8) is 0 Å². The summed E-state index contributed by atoms with van der Waals surface area (Å²) >= 11 is 0. The molecule has 0 aliphatic rings. The smallest absolute Gasteiger partial charge is 0.251 e. The number of nitrogen functional groups attached to an aromatic ring is 1. The number of rotatable bonds is 6. The van der Waals surface area contributed by atoms with Gasteiger partial charge in [-0.25, -0.2) is 0 Å². The number of benzene rings is 1. The van der Waals surface area contributed by atoms with Gasteiger partial charge in [-0.05, 0) is 32.0 Å². The van der Waals surface area contributed by atoms with E-state index in [-0.39, 0.29) is 12.0 Å². The molecule has 0 aliphatic heterocycles. The zero-order valence-electron chi connectivity index (χ0n) is 11.0. The number of nitrogens with two attached hydrogens (primary N) is 1. The van der Waals surface area contributed by atoms with Crippen LogP contribution in [0.15, 0.2) is 18.2 Å². The number of methoxy groups -OCH3 is 1. The Morgan fingerprint density at radius 2 is 2.22 bits per heavy atom. The third-order valence-electron chi connectivity index (χ3n) is 2.34. The van der Waals surface area contributed by atoms with E-state index in [1.165, 1.54) is 0 Å². The van der Waals surface area contributed by atoms with Crippen molar-refractivity contribution in [3.05, 3.63) is 23.8 Å². The molecule has 0 bridgehead atoms. The van der Waals surface area contributed by atoms with E-state index in [2.05, 4.69) is 5.32 Å². The van der Waals surface area contributed by atoms with Crippen LogP contribution in [-0.2, 0) is 4.74 Å². The Morgan fingerprint density at radius 3 is 2.78 bits per heavy atom. The molecule has 5 nitrogen and oxygen atoms in total. The molecule has 0 aliphatic carbocycles. The number of carbonyl (C=O) groups is 1. The Labute approximate surface area is 107 Å². The molecule has 0 spiro atoms. The van der Waals surface area contributed by atoms with Crippen LogP contribution in [0.5, 0.6) is 5.75 Å². The minimum atomic E-state index is -0.138. The third kappa shape index (κ3) is 3.92. The Balaban J connectivity index is 2.76. The molecule has 0 aromatic heterocycles. The van der Waals surface area contributed by atoms with Crippen LogP contribution in [0.3, 0.4) is 0 Å². The van der Waals surface area contributed by atoms with Gasteiger partial charge >= 0.3 is 0 Å². The van der Waals surface area contributed by atoms with Crippen LogP contribution < -0.4 is 15.8 Å². The van der Waals surface area contributed by atoms with Crippen molar-refractivity contribution < 1.29 is 14.3 Å². The molecule has 1 rings (SSSR count). The first kappa shape index (κ1) is 14.3. The second kappa shape index (κ2) is 6.86. The van der Waals surface area contributed by atoms with Gasteiger partial charge < -0.3 is 20.5 Å². The van der Waals surface area contributed by atoms with Gasteiger partial charge in [0.15, 0.2) is 0 Å². The van der Waals surface area contributed by atoms with Crippen molar-refractivity contribution in [3.8, 4) is 5.75 Å². The van der Waals surface area contributed by atoms with Crippen LogP contribution in [0.1, 0.15) is 24.2 Å². The summed E-state index contributed by atoms with van der Waals surface area (Å²) in [5, 5.41) is 2.71. The lowest BCUT2D eigenvalue weighted by Crippen LogP contribution is -2.23. The number of hydrogen-bond acceptors (Lipinski definition) is 4. The molecule has 3 N–H and O–H groups in total. The third-order valence-corrected chi connectivity index (χ3v) is 2.34. The van der Waals surface area contributed by atoms with Gasteiger partial charge in [-0.3, -0.25) is 4.79 Å². The van der Waals surface area contributed by atoms with Crippen LogP contribution in [0.25, 0.3) is 0 Å². The lowest BCUT2D eigenvalue weighted by molar-refractivity contribution is 0.0924. The van der Waals surface area contributed by atoms with Gasteiger partial charge in [0.25, 0.3) is 5.91 Å². The lowest BCUT2D eigenvalue weighted by Gasteiger charge is -2.15. The van der Waals surface area contributed by atoms with Crippen molar-refractivity contribution in [1.82, 2.24) is 5.32 Å². The fraction of sp³-hybridized carbons (Fsp3) is 0.462. The second-order valence-corrected chi connectivity index (χ2v) is 4.00. The minimum absolute atomic E-state index is 0.0902. The quantitative estimate of drug-likeness (QED) is 0.751. The Morgan fingerprint density at radius 1 is 1.50 bits per heavy atom. The molecule has 0 saturated carbocycles. The van der Waals surface area contributed by atoms with Gasteiger partial charge in [0.1, 0.15) is 11.9 Å². The first-order valence-electron chi connectivity index (χ1n) is 5.91. The summed E-state index contributed by atoms with van der Waals surface area (Å²) in [6.45, 7) is 4.82. The van der Waals surface area contributed by atoms with Gasteiger partial charge in [-0.2, -0.15) is 0 Å². The Bertz CT molecular complexity index is 407. The maximum absolute atomic E-state index is 11.6. The Hall–Kier alpha value is -1.75. The van der Waals surface area contributed by atoms with Crippen LogP contribution in [0.4, 0.5) is 5.69 Å². The van der Waals surface area contributed by atoms with E-state index in [1.807, 2.05) is 13.8 Å². The first-order valence-corrected chi connectivity index (χ1v) is 5.91. The summed E-state index contributed by atoms with van der Waals surface area (Å²) in [4.78, 5) is 11.6. The zero-order chi connectivity index (χ0) is 13.5. The molecule has 0 fully saturated rings. The molecule has 1 unspecified atom stereocenters. The minimum Gasteiger partial charge on any atom is -0.486 e. The number of anilines is 1. The normalized spacial score (nSPS) is 11.9. The van der Waals surface area contributed by atoms with Gasteiger partial charge in [0, 0.05) is 19.2 Å². The summed E-state index contributed by atoms with van der Waals surface area (Å²) in [5.41, 5.74) is 6.83. The van der Waals surface area contributed by atoms with Gasteiger partial charge in [-0.15, -0.1) is 0 Å². The fourth-order valence-electron chi connectivity index (χ4n) is 1.55. The SMILES string of the molecule is CCNC(=O)c1ccc(OC(C)COC)c(N)c1. The van der Waals surface area contributed by atoms with E-state index in [1.54, 1.807) is 25.3 Å². The summed E-state index contributed by atoms with van der Waals surface area (Å²) in [5.74, 6) is 0.424. The van der Waals surface area contributed by atoms with Crippen molar-refractivity contribution in [2.45, 2.75) is 20.0 Å². The van der Waals surface area contributed by atoms with Gasteiger partial charge in [0.05, 0.1) is 12.3 Å². The molecule has 0 heterocycles. The number of ether oxygens (including phenoxy) is 2. The molecule has 100 valence electrons. The van der Waals surface area contributed by atoms with Crippen LogP contribution >= 0.6 is 0 Å². The van der Waals surface area contributed by atoms with Crippen LogP contribution in [0, 0.1) is 0 Å². The van der Waals surface area contributed by atoms with Crippen molar-refractivity contribution in [1.29, 1.82) is 0 Å². The highest BCUT2D eigenvalue weighted by Crippen LogP contribution is 2.23. The summed E-state index contributed by atoms with van der Waals surface area (Å²) in [6, 6.07) is 5.00. The predicted molar refractivity (Wildman–Crippen MR) is 70.8 cm³/mol. The summed E-state index contributed by atoms with van der Waals surface area (Å²) < 4.78 is 10.6. The largest absolute Gasteiger partial charge is 0.486 e. The maximum Gasteiger partial charge on any atom is 0.251 e. The highest BCUT2D eigenvalue weighted by molar-refractivity contribution is 5.95. The summed E-state index contributed by atoms with van der Waals surface area (Å²) in [6.07, 6.45) is -0.0902. The lowest BCUT2D eigenvalue weighted by atomic mass is 10.1. The van der Waals surface area contributed by atoms with E-state index in [0.717, 1.165) is 0 Å². The highest BCUT2D eigenvalue weighted by Gasteiger charge is 2.10. The predicted octanol–water partition coefficient (Wildman–Crippen LogP) is 1.43. The molecule has 1 amide bonds.